The molecular formula is C15H15ClO3S. The Morgan fingerprint density at radius 3 is 2.90 bits per heavy atom. The molecule has 0 saturated carbocycles. The van der Waals surface area contributed by atoms with E-state index in [-0.39, 0.29) is 10.3 Å². The summed E-state index contributed by atoms with van der Waals surface area (Å²) in [6, 6.07) is 4.98. The second-order valence-electron chi connectivity index (χ2n) is 4.91. The van der Waals surface area contributed by atoms with Crippen molar-refractivity contribution in [3.05, 3.63) is 46.9 Å². The van der Waals surface area contributed by atoms with Gasteiger partial charge in [-0.25, -0.2) is 8.42 Å². The van der Waals surface area contributed by atoms with Crippen LogP contribution in [-0.4, -0.2) is 15.0 Å². The van der Waals surface area contributed by atoms with Crippen molar-refractivity contribution in [3.63, 3.8) is 0 Å². The van der Waals surface area contributed by atoms with Gasteiger partial charge in [0, 0.05) is 16.9 Å². The van der Waals surface area contributed by atoms with Gasteiger partial charge in [0.2, 0.25) is 9.84 Å². The zero-order valence-electron chi connectivity index (χ0n) is 10.9. The van der Waals surface area contributed by atoms with Gasteiger partial charge in [0.15, 0.2) is 0 Å². The van der Waals surface area contributed by atoms with Gasteiger partial charge in [0.25, 0.3) is 0 Å². The van der Waals surface area contributed by atoms with Crippen LogP contribution in [0, 0.1) is 0 Å². The first kappa shape index (κ1) is 13.7. The summed E-state index contributed by atoms with van der Waals surface area (Å²) in [6.45, 7) is 0.524. The Morgan fingerprint density at radius 2 is 2.15 bits per heavy atom. The lowest BCUT2D eigenvalue weighted by molar-refractivity contribution is 0.284. The molecule has 2 aliphatic rings. The Kier molecular flexibility index (Phi) is 3.61. The minimum Gasteiger partial charge on any atom is -0.493 e. The SMILES string of the molecule is O=S(=O)(C1=CC=CCC1)c1ccc2c(c1)OCCC2Cl. The standard InChI is InChI=1S/C15H15ClO3S/c16-14-8-9-19-15-10-12(6-7-13(14)15)20(17,18)11-4-2-1-3-5-11/h1-2,4,6-7,10,14H,3,5,8-9H2. The molecule has 1 heterocycles. The molecule has 0 fully saturated rings. The first-order valence-electron chi connectivity index (χ1n) is 6.60. The van der Waals surface area contributed by atoms with Gasteiger partial charge in [-0.3, -0.25) is 0 Å². The number of halogens is 1. The fraction of sp³-hybridized carbons (Fsp3) is 0.333. The molecule has 0 bridgehead atoms. The van der Waals surface area contributed by atoms with Gasteiger partial charge >= 0.3 is 0 Å². The van der Waals surface area contributed by atoms with Crippen LogP contribution in [-0.2, 0) is 9.84 Å². The zero-order chi connectivity index (χ0) is 14.2. The fourth-order valence-corrected chi connectivity index (χ4v) is 4.18. The molecule has 1 aliphatic carbocycles. The quantitative estimate of drug-likeness (QED) is 0.781. The second-order valence-corrected chi connectivity index (χ2v) is 7.44. The Morgan fingerprint density at radius 1 is 1.30 bits per heavy atom. The largest absolute Gasteiger partial charge is 0.493 e. The molecule has 1 atom stereocenters. The normalized spacial score (nSPS) is 21.9. The van der Waals surface area contributed by atoms with E-state index in [1.807, 2.05) is 6.08 Å². The predicted octanol–water partition coefficient (Wildman–Crippen LogP) is 3.76. The third kappa shape index (κ3) is 2.38. The highest BCUT2D eigenvalue weighted by molar-refractivity contribution is 7.95. The number of allylic oxidation sites excluding steroid dienone is 4. The van der Waals surface area contributed by atoms with E-state index in [9.17, 15) is 8.42 Å². The molecule has 0 saturated heterocycles. The Balaban J connectivity index is 2.02. The average Bonchev–Trinajstić information content (AvgIpc) is 2.48. The highest BCUT2D eigenvalue weighted by Gasteiger charge is 2.25. The molecule has 1 aromatic rings. The number of fused-ring (bicyclic) bond motifs is 1. The average molecular weight is 311 g/mol. The first-order valence-corrected chi connectivity index (χ1v) is 8.52. The van der Waals surface area contributed by atoms with Crippen molar-refractivity contribution in [2.45, 2.75) is 29.5 Å². The Bertz CT molecular complexity index is 689. The lowest BCUT2D eigenvalue weighted by atomic mass is 10.1. The number of hydrogen-bond donors (Lipinski definition) is 0. The predicted molar refractivity (Wildman–Crippen MR) is 78.8 cm³/mol. The number of sulfone groups is 1. The number of benzene rings is 1. The van der Waals surface area contributed by atoms with E-state index in [0.717, 1.165) is 18.4 Å². The van der Waals surface area contributed by atoms with Crippen molar-refractivity contribution >= 4 is 21.4 Å². The van der Waals surface area contributed by atoms with Crippen LogP contribution >= 0.6 is 11.6 Å². The summed E-state index contributed by atoms with van der Waals surface area (Å²) >= 11 is 6.21. The van der Waals surface area contributed by atoms with E-state index in [1.54, 1.807) is 30.4 Å². The van der Waals surface area contributed by atoms with Gasteiger partial charge in [-0.15, -0.1) is 11.6 Å². The molecule has 0 N–H and O–H groups in total. The van der Waals surface area contributed by atoms with E-state index in [2.05, 4.69) is 0 Å². The van der Waals surface area contributed by atoms with Gasteiger partial charge in [-0.05, 0) is 31.1 Å². The van der Waals surface area contributed by atoms with Crippen LogP contribution in [0.4, 0.5) is 0 Å². The zero-order valence-corrected chi connectivity index (χ0v) is 12.5. The number of alkyl halides is 1. The Hall–Kier alpha value is -1.26. The third-order valence-corrected chi connectivity index (χ3v) is 5.94. The Labute approximate surface area is 123 Å². The lowest BCUT2D eigenvalue weighted by Crippen LogP contribution is -2.12. The lowest BCUT2D eigenvalue weighted by Gasteiger charge is -2.22. The van der Waals surface area contributed by atoms with Gasteiger partial charge < -0.3 is 4.74 Å². The van der Waals surface area contributed by atoms with Crippen molar-refractivity contribution in [2.24, 2.45) is 0 Å². The maximum Gasteiger partial charge on any atom is 0.202 e. The van der Waals surface area contributed by atoms with Crippen LogP contribution < -0.4 is 4.74 Å². The van der Waals surface area contributed by atoms with E-state index < -0.39 is 9.84 Å². The first-order chi connectivity index (χ1) is 9.59. The van der Waals surface area contributed by atoms with Crippen molar-refractivity contribution in [1.82, 2.24) is 0 Å². The van der Waals surface area contributed by atoms with Crippen molar-refractivity contribution in [2.75, 3.05) is 6.61 Å². The molecule has 0 spiro atoms. The maximum absolute atomic E-state index is 12.6. The van der Waals surface area contributed by atoms with E-state index in [4.69, 9.17) is 16.3 Å². The second kappa shape index (κ2) is 5.26. The maximum atomic E-state index is 12.6. The van der Waals surface area contributed by atoms with E-state index in [1.165, 1.54) is 0 Å². The van der Waals surface area contributed by atoms with Gasteiger partial charge in [0.05, 0.1) is 16.9 Å². The number of rotatable bonds is 2. The molecule has 1 unspecified atom stereocenters. The summed E-state index contributed by atoms with van der Waals surface area (Å²) in [7, 11) is -3.43. The minimum atomic E-state index is -3.43. The topological polar surface area (TPSA) is 43.4 Å². The molecule has 106 valence electrons. The van der Waals surface area contributed by atoms with Crippen molar-refractivity contribution in [1.29, 1.82) is 0 Å². The van der Waals surface area contributed by atoms with Crippen LogP contribution in [0.3, 0.4) is 0 Å². The van der Waals surface area contributed by atoms with Gasteiger partial charge in [0.1, 0.15) is 5.75 Å². The molecule has 3 nitrogen and oxygen atoms in total. The van der Waals surface area contributed by atoms with E-state index in [0.29, 0.717) is 23.7 Å². The molecule has 1 aliphatic heterocycles. The van der Waals surface area contributed by atoms with Gasteiger partial charge in [-0.2, -0.15) is 0 Å². The molecule has 0 amide bonds. The molecular weight excluding hydrogens is 296 g/mol. The summed E-state index contributed by atoms with van der Waals surface area (Å²) in [5.41, 5.74) is 0.870. The van der Waals surface area contributed by atoms with Crippen LogP contribution in [0.25, 0.3) is 0 Å². The molecule has 0 aromatic heterocycles. The summed E-state index contributed by atoms with van der Waals surface area (Å²) in [6.07, 6.45) is 7.48. The van der Waals surface area contributed by atoms with E-state index >= 15 is 0 Å². The smallest absolute Gasteiger partial charge is 0.202 e. The monoisotopic (exact) mass is 310 g/mol. The summed E-state index contributed by atoms with van der Waals surface area (Å²) in [5.74, 6) is 0.587. The summed E-state index contributed by atoms with van der Waals surface area (Å²) in [5, 5.41) is -0.104. The third-order valence-electron chi connectivity index (χ3n) is 3.58. The van der Waals surface area contributed by atoms with Crippen molar-refractivity contribution in [3.8, 4) is 5.75 Å². The van der Waals surface area contributed by atoms with Crippen LogP contribution in [0.5, 0.6) is 5.75 Å². The molecule has 20 heavy (non-hydrogen) atoms. The highest BCUT2D eigenvalue weighted by atomic mass is 35.5. The molecule has 3 rings (SSSR count). The molecule has 0 radical (unpaired) electrons. The van der Waals surface area contributed by atoms with Crippen LogP contribution in [0.1, 0.15) is 30.2 Å². The van der Waals surface area contributed by atoms with Crippen LogP contribution in [0.2, 0.25) is 0 Å². The molecule has 5 heteroatoms. The van der Waals surface area contributed by atoms with Gasteiger partial charge in [-0.1, -0.05) is 18.2 Å². The number of ether oxygens (including phenoxy) is 1. The molecule has 1 aromatic carbocycles. The number of hydrogen-bond acceptors (Lipinski definition) is 3. The summed E-state index contributed by atoms with van der Waals surface area (Å²) in [4.78, 5) is 0.738. The van der Waals surface area contributed by atoms with Crippen molar-refractivity contribution < 1.29 is 13.2 Å². The minimum absolute atomic E-state index is 0.104. The fourth-order valence-electron chi connectivity index (χ4n) is 2.45. The summed E-state index contributed by atoms with van der Waals surface area (Å²) < 4.78 is 30.7. The van der Waals surface area contributed by atoms with Crippen LogP contribution in [0.15, 0.2) is 46.2 Å². The highest BCUT2D eigenvalue weighted by Crippen LogP contribution is 2.38.